The molecule has 8 heteroatoms. The summed E-state index contributed by atoms with van der Waals surface area (Å²) in [5.74, 6) is -0.0580. The van der Waals surface area contributed by atoms with Crippen LogP contribution in [-0.2, 0) is 14.8 Å². The lowest BCUT2D eigenvalue weighted by Gasteiger charge is -2.15. The predicted molar refractivity (Wildman–Crippen MR) is 105 cm³/mol. The highest BCUT2D eigenvalue weighted by Gasteiger charge is 2.16. The van der Waals surface area contributed by atoms with Crippen LogP contribution in [0.3, 0.4) is 0 Å². The SMILES string of the molecule is CCCNS(=O)(=O)c1ccc(OCC(=O)NC(C)c2ccccc2)c(Cl)c1. The second-order valence-electron chi connectivity index (χ2n) is 5.98. The Balaban J connectivity index is 1.95. The van der Waals surface area contributed by atoms with Gasteiger partial charge in [-0.3, -0.25) is 4.79 Å². The minimum absolute atomic E-state index is 0.0513. The van der Waals surface area contributed by atoms with E-state index in [1.807, 2.05) is 44.2 Å². The molecule has 1 amide bonds. The molecular weight excluding hydrogens is 388 g/mol. The third-order valence-electron chi connectivity index (χ3n) is 3.79. The van der Waals surface area contributed by atoms with Crippen LogP contribution in [-0.4, -0.2) is 27.5 Å². The monoisotopic (exact) mass is 410 g/mol. The number of carbonyl (C=O) groups excluding carboxylic acids is 1. The summed E-state index contributed by atoms with van der Waals surface area (Å²) in [7, 11) is -3.61. The Morgan fingerprint density at radius 2 is 1.89 bits per heavy atom. The Morgan fingerprint density at radius 1 is 1.19 bits per heavy atom. The fraction of sp³-hybridized carbons (Fsp3) is 0.316. The zero-order valence-corrected chi connectivity index (χ0v) is 16.8. The van der Waals surface area contributed by atoms with E-state index in [-0.39, 0.29) is 34.2 Å². The highest BCUT2D eigenvalue weighted by atomic mass is 35.5. The second kappa shape index (κ2) is 9.73. The summed E-state index contributed by atoms with van der Waals surface area (Å²) >= 11 is 6.11. The quantitative estimate of drug-likeness (QED) is 0.664. The van der Waals surface area contributed by atoms with E-state index in [0.29, 0.717) is 13.0 Å². The summed E-state index contributed by atoms with van der Waals surface area (Å²) in [6.07, 6.45) is 0.685. The third kappa shape index (κ3) is 6.23. The highest BCUT2D eigenvalue weighted by molar-refractivity contribution is 7.89. The topological polar surface area (TPSA) is 84.5 Å². The molecule has 0 bridgehead atoms. The van der Waals surface area contributed by atoms with Crippen molar-refractivity contribution in [1.82, 2.24) is 10.0 Å². The van der Waals surface area contributed by atoms with Crippen molar-refractivity contribution in [3.8, 4) is 5.75 Å². The molecule has 0 aromatic heterocycles. The largest absolute Gasteiger partial charge is 0.482 e. The van der Waals surface area contributed by atoms with E-state index >= 15 is 0 Å². The molecule has 27 heavy (non-hydrogen) atoms. The number of carbonyl (C=O) groups is 1. The lowest BCUT2D eigenvalue weighted by atomic mass is 10.1. The summed E-state index contributed by atoms with van der Waals surface area (Å²) < 4.78 is 32.1. The van der Waals surface area contributed by atoms with Gasteiger partial charge in [-0.15, -0.1) is 0 Å². The molecular formula is C19H23ClN2O4S. The lowest BCUT2D eigenvalue weighted by molar-refractivity contribution is -0.123. The van der Waals surface area contributed by atoms with E-state index in [2.05, 4.69) is 10.0 Å². The minimum atomic E-state index is -3.61. The van der Waals surface area contributed by atoms with Crippen molar-refractivity contribution in [2.45, 2.75) is 31.2 Å². The molecule has 0 aliphatic rings. The lowest BCUT2D eigenvalue weighted by Crippen LogP contribution is -2.31. The predicted octanol–water partition coefficient (Wildman–Crippen LogP) is 3.28. The van der Waals surface area contributed by atoms with E-state index in [0.717, 1.165) is 5.56 Å². The van der Waals surface area contributed by atoms with Crippen molar-refractivity contribution in [3.05, 3.63) is 59.1 Å². The number of benzene rings is 2. The average molecular weight is 411 g/mol. The van der Waals surface area contributed by atoms with Crippen molar-refractivity contribution in [3.63, 3.8) is 0 Å². The molecule has 0 spiro atoms. The molecule has 2 rings (SSSR count). The van der Waals surface area contributed by atoms with Gasteiger partial charge in [-0.1, -0.05) is 48.9 Å². The van der Waals surface area contributed by atoms with E-state index < -0.39 is 10.0 Å². The van der Waals surface area contributed by atoms with Gasteiger partial charge in [-0.2, -0.15) is 0 Å². The van der Waals surface area contributed by atoms with Crippen LogP contribution in [0.5, 0.6) is 5.75 Å². The summed E-state index contributed by atoms with van der Waals surface area (Å²) in [6, 6.07) is 13.5. The molecule has 0 saturated heterocycles. The zero-order valence-electron chi connectivity index (χ0n) is 15.2. The number of sulfonamides is 1. The van der Waals surface area contributed by atoms with Crippen molar-refractivity contribution < 1.29 is 17.9 Å². The fourth-order valence-electron chi connectivity index (χ4n) is 2.34. The van der Waals surface area contributed by atoms with Crippen molar-refractivity contribution >= 4 is 27.5 Å². The molecule has 146 valence electrons. The van der Waals surface area contributed by atoms with Crippen LogP contribution >= 0.6 is 11.6 Å². The van der Waals surface area contributed by atoms with Gasteiger partial charge in [0.1, 0.15) is 5.75 Å². The smallest absolute Gasteiger partial charge is 0.258 e. The Morgan fingerprint density at radius 3 is 2.52 bits per heavy atom. The van der Waals surface area contributed by atoms with Gasteiger partial charge in [0.15, 0.2) is 6.61 Å². The summed E-state index contributed by atoms with van der Waals surface area (Å²) in [5, 5.41) is 2.96. The first-order valence-electron chi connectivity index (χ1n) is 8.60. The first-order chi connectivity index (χ1) is 12.8. The average Bonchev–Trinajstić information content (AvgIpc) is 2.66. The van der Waals surface area contributed by atoms with Gasteiger partial charge in [-0.25, -0.2) is 13.1 Å². The van der Waals surface area contributed by atoms with Crippen molar-refractivity contribution in [1.29, 1.82) is 0 Å². The fourth-order valence-corrected chi connectivity index (χ4v) is 3.80. The van der Waals surface area contributed by atoms with Gasteiger partial charge in [0.05, 0.1) is 16.0 Å². The van der Waals surface area contributed by atoms with Gasteiger partial charge in [0, 0.05) is 6.54 Å². The van der Waals surface area contributed by atoms with Crippen LogP contribution in [0.2, 0.25) is 5.02 Å². The number of halogens is 1. The number of amides is 1. The molecule has 0 fully saturated rings. The molecule has 2 aromatic carbocycles. The Labute approximate surface area is 164 Å². The Kier molecular flexibility index (Phi) is 7.65. The number of hydrogen-bond donors (Lipinski definition) is 2. The first kappa shape index (κ1) is 21.2. The standard InChI is InChI=1S/C19H23ClN2O4S/c1-3-11-21-27(24,25)16-9-10-18(17(20)12-16)26-13-19(23)22-14(2)15-7-5-4-6-8-15/h4-10,12,14,21H,3,11,13H2,1-2H3,(H,22,23). The number of ether oxygens (including phenoxy) is 1. The van der Waals surface area contributed by atoms with Crippen LogP contribution in [0.25, 0.3) is 0 Å². The van der Waals surface area contributed by atoms with Crippen molar-refractivity contribution in [2.24, 2.45) is 0 Å². The number of nitrogens with one attached hydrogen (secondary N) is 2. The summed E-state index contributed by atoms with van der Waals surface area (Å²) in [4.78, 5) is 12.1. The molecule has 1 atom stereocenters. The van der Waals surface area contributed by atoms with Crippen LogP contribution in [0, 0.1) is 0 Å². The van der Waals surface area contributed by atoms with Gasteiger partial charge in [-0.05, 0) is 37.1 Å². The zero-order chi connectivity index (χ0) is 19.9. The maximum absolute atomic E-state index is 12.1. The Bertz CT molecular complexity index is 873. The Hall–Kier alpha value is -2.09. The molecule has 1 unspecified atom stereocenters. The van der Waals surface area contributed by atoms with E-state index in [9.17, 15) is 13.2 Å². The van der Waals surface area contributed by atoms with E-state index in [1.165, 1.54) is 18.2 Å². The van der Waals surface area contributed by atoms with E-state index in [1.54, 1.807) is 0 Å². The number of rotatable bonds is 9. The molecule has 6 nitrogen and oxygen atoms in total. The maximum atomic E-state index is 12.1. The van der Waals surface area contributed by atoms with E-state index in [4.69, 9.17) is 16.3 Å². The van der Waals surface area contributed by atoms with Crippen LogP contribution in [0.4, 0.5) is 0 Å². The number of hydrogen-bond acceptors (Lipinski definition) is 4. The molecule has 0 heterocycles. The molecule has 2 aromatic rings. The van der Waals surface area contributed by atoms with Crippen LogP contribution in [0.1, 0.15) is 31.9 Å². The van der Waals surface area contributed by atoms with Crippen LogP contribution in [0.15, 0.2) is 53.4 Å². The molecule has 0 aliphatic heterocycles. The van der Waals surface area contributed by atoms with Gasteiger partial charge >= 0.3 is 0 Å². The minimum Gasteiger partial charge on any atom is -0.482 e. The molecule has 0 saturated carbocycles. The maximum Gasteiger partial charge on any atom is 0.258 e. The second-order valence-corrected chi connectivity index (χ2v) is 8.15. The van der Waals surface area contributed by atoms with Gasteiger partial charge < -0.3 is 10.1 Å². The molecule has 0 aliphatic carbocycles. The normalized spacial score (nSPS) is 12.4. The summed E-state index contributed by atoms with van der Waals surface area (Å²) in [5.41, 5.74) is 0.984. The third-order valence-corrected chi connectivity index (χ3v) is 5.55. The first-order valence-corrected chi connectivity index (χ1v) is 10.5. The highest BCUT2D eigenvalue weighted by Crippen LogP contribution is 2.27. The summed E-state index contributed by atoms with van der Waals surface area (Å²) in [6.45, 7) is 3.87. The molecule has 2 N–H and O–H groups in total. The molecule has 0 radical (unpaired) electrons. The van der Waals surface area contributed by atoms with Gasteiger partial charge in [0.2, 0.25) is 10.0 Å². The van der Waals surface area contributed by atoms with Gasteiger partial charge in [0.25, 0.3) is 5.91 Å². The van der Waals surface area contributed by atoms with Crippen molar-refractivity contribution in [2.75, 3.05) is 13.2 Å². The van der Waals surface area contributed by atoms with Crippen LogP contribution < -0.4 is 14.8 Å².